The quantitative estimate of drug-likeness (QED) is 0.793. The maximum atomic E-state index is 9.54. The topological polar surface area (TPSA) is 66.7 Å². The summed E-state index contributed by atoms with van der Waals surface area (Å²) in [6.45, 7) is 13.5. The van der Waals surface area contributed by atoms with Crippen LogP contribution in [0.5, 0.6) is 5.75 Å². The van der Waals surface area contributed by atoms with Crippen LogP contribution >= 0.6 is 0 Å². The van der Waals surface area contributed by atoms with Gasteiger partial charge in [-0.15, -0.1) is 0 Å². The fraction of sp³-hybridized carbons (Fsp3) is 0.583. The summed E-state index contributed by atoms with van der Waals surface area (Å²) >= 11 is 0. The monoisotopic (exact) mass is 415 g/mol. The molecule has 3 rings (SSSR count). The summed E-state index contributed by atoms with van der Waals surface area (Å²) in [5, 5.41) is 9.54. The largest absolute Gasteiger partial charge is 0.494 e. The molecule has 1 fully saturated rings. The molecule has 0 aliphatic carbocycles. The second-order valence-corrected chi connectivity index (χ2v) is 8.61. The number of hydrogen-bond acceptors (Lipinski definition) is 6. The summed E-state index contributed by atoms with van der Waals surface area (Å²) in [5.41, 5.74) is 2.03. The molecular weight excluding hydrogens is 378 g/mol. The number of aliphatic imine (C=N–C) groups is 2. The van der Waals surface area contributed by atoms with E-state index in [-0.39, 0.29) is 11.7 Å². The van der Waals surface area contributed by atoms with E-state index < -0.39 is 0 Å². The van der Waals surface area contributed by atoms with Crippen molar-refractivity contribution in [2.75, 3.05) is 26.2 Å². The van der Waals surface area contributed by atoms with Gasteiger partial charge in [-0.1, -0.05) is 18.2 Å². The Morgan fingerprint density at radius 3 is 2.40 bits per heavy atom. The minimum Gasteiger partial charge on any atom is -0.494 e. The van der Waals surface area contributed by atoms with Crippen molar-refractivity contribution in [1.82, 2.24) is 4.90 Å². The van der Waals surface area contributed by atoms with E-state index in [9.17, 15) is 5.11 Å². The van der Waals surface area contributed by atoms with Crippen molar-refractivity contribution in [3.63, 3.8) is 0 Å². The zero-order valence-electron chi connectivity index (χ0n) is 19.1. The highest BCUT2D eigenvalue weighted by Crippen LogP contribution is 2.16. The molecule has 2 aliphatic heterocycles. The lowest BCUT2D eigenvalue weighted by atomic mass is 10.1. The van der Waals surface area contributed by atoms with E-state index in [4.69, 9.17) is 9.47 Å². The minimum absolute atomic E-state index is 0.136. The van der Waals surface area contributed by atoms with E-state index in [0.29, 0.717) is 6.42 Å². The van der Waals surface area contributed by atoms with Gasteiger partial charge >= 0.3 is 0 Å². The Kier molecular flexibility index (Phi) is 9.53. The Hall–Kier alpha value is -2.18. The number of ether oxygens (including phenoxy) is 2. The van der Waals surface area contributed by atoms with E-state index in [1.165, 1.54) is 5.56 Å². The first-order valence-corrected chi connectivity index (χ1v) is 10.8. The zero-order valence-corrected chi connectivity index (χ0v) is 19.1. The van der Waals surface area contributed by atoms with Crippen LogP contribution in [0.3, 0.4) is 0 Å². The Bertz CT molecular complexity index is 742. The summed E-state index contributed by atoms with van der Waals surface area (Å²) in [7, 11) is 0. The number of benzene rings is 1. The summed E-state index contributed by atoms with van der Waals surface area (Å²) < 4.78 is 11.2. The molecule has 0 spiro atoms. The highest BCUT2D eigenvalue weighted by molar-refractivity contribution is 6.03. The predicted molar refractivity (Wildman–Crippen MR) is 123 cm³/mol. The molecule has 0 amide bonds. The second kappa shape index (κ2) is 11.9. The lowest BCUT2D eigenvalue weighted by molar-refractivity contribution is 0.0893. The molecule has 1 N–H and O–H groups in total. The molecule has 1 saturated heterocycles. The number of aryl methyl sites for hydroxylation is 1. The smallest absolute Gasteiger partial charge is 0.194 e. The molecule has 0 saturated carbocycles. The third-order valence-electron chi connectivity index (χ3n) is 4.68. The molecule has 2 heterocycles. The SMILES string of the molecule is CC(C)(C)OC1=NC=CN=C(CN2CCC(O)CC2)C1.CCOc1ccccc1C. The number of aliphatic hydroxyl groups excluding tert-OH is 1. The fourth-order valence-corrected chi connectivity index (χ4v) is 3.24. The molecule has 0 atom stereocenters. The van der Waals surface area contributed by atoms with E-state index in [0.717, 1.165) is 56.4 Å². The molecule has 2 aliphatic rings. The van der Waals surface area contributed by atoms with E-state index in [1.54, 1.807) is 12.4 Å². The van der Waals surface area contributed by atoms with Crippen LogP contribution in [-0.2, 0) is 4.74 Å². The van der Waals surface area contributed by atoms with Crippen LogP contribution in [0.1, 0.15) is 52.5 Å². The second-order valence-electron chi connectivity index (χ2n) is 8.61. The summed E-state index contributed by atoms with van der Waals surface area (Å²) in [6.07, 6.45) is 5.64. The number of piperidine rings is 1. The molecule has 0 radical (unpaired) electrons. The average Bonchev–Trinajstić information content (AvgIpc) is 2.89. The molecule has 166 valence electrons. The van der Waals surface area contributed by atoms with Gasteiger partial charge < -0.3 is 14.6 Å². The lowest BCUT2D eigenvalue weighted by Crippen LogP contribution is -2.39. The van der Waals surface area contributed by atoms with Gasteiger partial charge in [0.05, 0.1) is 19.1 Å². The van der Waals surface area contributed by atoms with E-state index >= 15 is 0 Å². The molecule has 30 heavy (non-hydrogen) atoms. The average molecular weight is 416 g/mol. The molecule has 6 nitrogen and oxygen atoms in total. The van der Waals surface area contributed by atoms with Gasteiger partial charge in [0, 0.05) is 37.7 Å². The van der Waals surface area contributed by atoms with Gasteiger partial charge in [0.15, 0.2) is 5.90 Å². The first-order valence-electron chi connectivity index (χ1n) is 10.8. The molecule has 6 heteroatoms. The highest BCUT2D eigenvalue weighted by Gasteiger charge is 2.21. The maximum absolute atomic E-state index is 9.54. The lowest BCUT2D eigenvalue weighted by Gasteiger charge is -2.30. The van der Waals surface area contributed by atoms with Gasteiger partial charge in [-0.25, -0.2) is 4.99 Å². The fourth-order valence-electron chi connectivity index (χ4n) is 3.24. The van der Waals surface area contributed by atoms with E-state index in [2.05, 4.69) is 14.9 Å². The number of para-hydroxylation sites is 1. The Morgan fingerprint density at radius 1 is 1.10 bits per heavy atom. The standard InChI is InChI=1S/C15H25N3O2.C9H12O/c1-15(2,3)20-14-10-12(16-6-7-17-14)11-18-8-4-13(19)5-9-18;1-3-10-9-7-5-4-6-8(9)2/h6-7,13,19H,4-5,8-11H2,1-3H3;4-7H,3H2,1-2H3. The predicted octanol–water partition coefficient (Wildman–Crippen LogP) is 4.37. The molecule has 0 aromatic heterocycles. The number of rotatable bonds is 4. The number of likely N-dealkylation sites (tertiary alicyclic amines) is 1. The number of hydrogen-bond donors (Lipinski definition) is 1. The maximum Gasteiger partial charge on any atom is 0.194 e. The zero-order chi connectivity index (χ0) is 22.0. The molecular formula is C24H37N3O3. The number of aliphatic hydroxyl groups is 1. The van der Waals surface area contributed by atoms with Crippen LogP contribution < -0.4 is 4.74 Å². The van der Waals surface area contributed by atoms with Crippen molar-refractivity contribution in [2.24, 2.45) is 9.98 Å². The van der Waals surface area contributed by atoms with Crippen molar-refractivity contribution in [2.45, 2.75) is 65.6 Å². The minimum atomic E-state index is -0.239. The van der Waals surface area contributed by atoms with Crippen molar-refractivity contribution >= 4 is 11.6 Å². The summed E-state index contributed by atoms with van der Waals surface area (Å²) in [5.74, 6) is 1.71. The van der Waals surface area contributed by atoms with Crippen LogP contribution in [0.4, 0.5) is 0 Å². The van der Waals surface area contributed by atoms with Crippen LogP contribution in [-0.4, -0.2) is 59.6 Å². The summed E-state index contributed by atoms with van der Waals surface area (Å²) in [4.78, 5) is 11.1. The van der Waals surface area contributed by atoms with E-state index in [1.807, 2.05) is 58.9 Å². The number of nitrogens with zero attached hydrogens (tertiary/aromatic N) is 3. The van der Waals surface area contributed by atoms with Crippen molar-refractivity contribution in [3.8, 4) is 5.75 Å². The molecule has 0 bridgehead atoms. The van der Waals surface area contributed by atoms with Crippen molar-refractivity contribution < 1.29 is 14.6 Å². The van der Waals surface area contributed by atoms with Gasteiger partial charge in [-0.05, 0) is 59.1 Å². The van der Waals surface area contributed by atoms with Crippen LogP contribution in [0.15, 0.2) is 46.7 Å². The third kappa shape index (κ3) is 9.09. The molecule has 1 aromatic carbocycles. The van der Waals surface area contributed by atoms with Crippen LogP contribution in [0.2, 0.25) is 0 Å². The van der Waals surface area contributed by atoms with Crippen LogP contribution in [0, 0.1) is 6.92 Å². The highest BCUT2D eigenvalue weighted by atomic mass is 16.5. The first kappa shape index (κ1) is 24.1. The normalized spacial score (nSPS) is 17.9. The van der Waals surface area contributed by atoms with Crippen molar-refractivity contribution in [1.29, 1.82) is 0 Å². The van der Waals surface area contributed by atoms with Gasteiger partial charge in [0.1, 0.15) is 11.4 Å². The van der Waals surface area contributed by atoms with Crippen LogP contribution in [0.25, 0.3) is 0 Å². The Labute approximate surface area is 181 Å². The molecule has 1 aromatic rings. The van der Waals surface area contributed by atoms with Gasteiger partial charge in [0.2, 0.25) is 0 Å². The third-order valence-corrected chi connectivity index (χ3v) is 4.68. The molecule has 0 unspecified atom stereocenters. The van der Waals surface area contributed by atoms with Gasteiger partial charge in [-0.2, -0.15) is 0 Å². The summed E-state index contributed by atoms with van der Waals surface area (Å²) in [6, 6.07) is 8.03. The van der Waals surface area contributed by atoms with Gasteiger partial charge in [-0.3, -0.25) is 9.89 Å². The Morgan fingerprint density at radius 2 is 1.77 bits per heavy atom. The van der Waals surface area contributed by atoms with Gasteiger partial charge in [0.25, 0.3) is 0 Å². The van der Waals surface area contributed by atoms with Crippen molar-refractivity contribution in [3.05, 3.63) is 42.2 Å². The first-order chi connectivity index (χ1) is 14.3. The Balaban J connectivity index is 0.000000269.